The average molecular weight is 424 g/mol. The lowest BCUT2D eigenvalue weighted by Crippen LogP contribution is -2.21. The van der Waals surface area contributed by atoms with Crippen LogP contribution < -0.4 is 5.32 Å². The van der Waals surface area contributed by atoms with Crippen LogP contribution in [0.5, 0.6) is 0 Å². The molecule has 0 unspecified atom stereocenters. The van der Waals surface area contributed by atoms with Gasteiger partial charge in [-0.05, 0) is 44.2 Å². The third-order valence-electron chi connectivity index (χ3n) is 3.86. The monoisotopic (exact) mass is 424 g/mol. The first-order valence-corrected chi connectivity index (χ1v) is 8.32. The second-order valence-electron chi connectivity index (χ2n) is 5.98. The molecule has 7 nitrogen and oxygen atoms in total. The van der Waals surface area contributed by atoms with E-state index < -0.39 is 23.9 Å². The number of anilines is 1. The van der Waals surface area contributed by atoms with Crippen LogP contribution in [-0.4, -0.2) is 37.7 Å². The molecule has 3 aromatic rings. The van der Waals surface area contributed by atoms with Gasteiger partial charge in [0.05, 0.1) is 23.8 Å². The van der Waals surface area contributed by atoms with Gasteiger partial charge in [-0.15, -0.1) is 0 Å². The van der Waals surface area contributed by atoms with Crippen LogP contribution in [0, 0.1) is 19.7 Å². The summed E-state index contributed by atoms with van der Waals surface area (Å²) in [6.45, 7) is 3.95. The first-order chi connectivity index (χ1) is 14.0. The van der Waals surface area contributed by atoms with Crippen molar-refractivity contribution in [2.45, 2.75) is 20.0 Å². The number of carbonyl (C=O) groups is 2. The van der Waals surface area contributed by atoms with Crippen molar-refractivity contribution in [2.75, 3.05) is 5.32 Å². The van der Waals surface area contributed by atoms with Gasteiger partial charge in [0.15, 0.2) is 0 Å². The smallest absolute Gasteiger partial charge is 0.475 e. The first kappa shape index (κ1) is 22.5. The number of halogens is 4. The third kappa shape index (κ3) is 5.87. The molecule has 2 aromatic heterocycles. The molecule has 0 aliphatic rings. The Balaban J connectivity index is 0.000000396. The Labute approximate surface area is 168 Å². The third-order valence-corrected chi connectivity index (χ3v) is 3.86. The summed E-state index contributed by atoms with van der Waals surface area (Å²) >= 11 is 0. The van der Waals surface area contributed by atoms with Crippen LogP contribution >= 0.6 is 0 Å². The van der Waals surface area contributed by atoms with E-state index in [0.717, 1.165) is 29.3 Å². The van der Waals surface area contributed by atoms with Gasteiger partial charge in [0.2, 0.25) is 0 Å². The summed E-state index contributed by atoms with van der Waals surface area (Å²) in [5, 5.41) is 9.84. The molecule has 2 N–H and O–H groups in total. The Hall–Kier alpha value is -3.76. The largest absolute Gasteiger partial charge is 0.490 e. The summed E-state index contributed by atoms with van der Waals surface area (Å²) in [5.41, 5.74) is 3.79. The summed E-state index contributed by atoms with van der Waals surface area (Å²) in [6, 6.07) is 8.49. The zero-order valence-corrected chi connectivity index (χ0v) is 15.7. The van der Waals surface area contributed by atoms with Crippen molar-refractivity contribution in [3.05, 3.63) is 71.8 Å². The molecule has 0 spiro atoms. The lowest BCUT2D eigenvalue weighted by atomic mass is 10.2. The molecule has 30 heavy (non-hydrogen) atoms. The Morgan fingerprint density at radius 2 is 1.70 bits per heavy atom. The number of carbonyl (C=O) groups excluding carboxylic acids is 1. The second kappa shape index (κ2) is 9.16. The van der Waals surface area contributed by atoms with E-state index in [1.165, 1.54) is 6.20 Å². The van der Waals surface area contributed by atoms with Crippen molar-refractivity contribution < 1.29 is 32.3 Å². The van der Waals surface area contributed by atoms with E-state index in [0.29, 0.717) is 5.69 Å². The van der Waals surface area contributed by atoms with Crippen molar-refractivity contribution in [3.8, 4) is 5.69 Å². The highest BCUT2D eigenvalue weighted by Crippen LogP contribution is 2.17. The number of pyridine rings is 1. The number of nitrogens with one attached hydrogen (secondary N) is 1. The maximum absolute atomic E-state index is 13.1. The van der Waals surface area contributed by atoms with E-state index >= 15 is 0 Å². The minimum absolute atomic E-state index is 0.176. The van der Waals surface area contributed by atoms with Crippen molar-refractivity contribution in [1.29, 1.82) is 0 Å². The van der Waals surface area contributed by atoms with Crippen molar-refractivity contribution >= 4 is 17.6 Å². The molecular formula is C19H16F4N4O3. The number of aryl methyl sites for hydroxylation is 1. The SMILES string of the molecule is Cc1ncn(-c2ccc(NC(=O)c3cncc(F)c3)cc2)c1C.O=C(O)C(F)(F)F. The van der Waals surface area contributed by atoms with E-state index in [2.05, 4.69) is 15.3 Å². The highest BCUT2D eigenvalue weighted by Gasteiger charge is 2.38. The molecular weight excluding hydrogens is 408 g/mol. The standard InChI is InChI=1S/C17H15FN4O.C2HF3O2/c1-11-12(2)22(10-20-11)16-5-3-15(4-6-16)21-17(23)13-7-14(18)9-19-8-13;3-2(4,5)1(6)7/h3-10H,1-2H3,(H,21,23);(H,6,7). The fourth-order valence-corrected chi connectivity index (χ4v) is 2.20. The second-order valence-corrected chi connectivity index (χ2v) is 5.98. The quantitative estimate of drug-likeness (QED) is 0.622. The molecule has 158 valence electrons. The van der Waals surface area contributed by atoms with Crippen molar-refractivity contribution in [1.82, 2.24) is 14.5 Å². The molecule has 1 amide bonds. The Kier molecular flexibility index (Phi) is 6.88. The van der Waals surface area contributed by atoms with Crippen LogP contribution in [0.2, 0.25) is 0 Å². The van der Waals surface area contributed by atoms with E-state index in [1.807, 2.05) is 30.5 Å². The number of alkyl halides is 3. The first-order valence-electron chi connectivity index (χ1n) is 8.32. The lowest BCUT2D eigenvalue weighted by Gasteiger charge is -2.08. The Bertz CT molecular complexity index is 1050. The van der Waals surface area contributed by atoms with E-state index in [1.54, 1.807) is 18.5 Å². The van der Waals surface area contributed by atoms with Crippen molar-refractivity contribution in [2.24, 2.45) is 0 Å². The number of amides is 1. The molecule has 0 saturated heterocycles. The van der Waals surface area contributed by atoms with Gasteiger partial charge in [-0.1, -0.05) is 0 Å². The summed E-state index contributed by atoms with van der Waals surface area (Å²) in [5.74, 6) is -3.70. The predicted molar refractivity (Wildman–Crippen MR) is 98.9 cm³/mol. The Morgan fingerprint density at radius 1 is 1.10 bits per heavy atom. The van der Waals surface area contributed by atoms with Crippen LogP contribution in [0.4, 0.5) is 23.2 Å². The molecule has 0 bridgehead atoms. The molecule has 0 aliphatic heterocycles. The van der Waals surface area contributed by atoms with Gasteiger partial charge in [-0.3, -0.25) is 9.78 Å². The normalized spacial score (nSPS) is 10.7. The maximum Gasteiger partial charge on any atom is 0.490 e. The molecule has 0 aliphatic carbocycles. The van der Waals surface area contributed by atoms with Gasteiger partial charge in [-0.25, -0.2) is 14.2 Å². The molecule has 1 aromatic carbocycles. The number of benzene rings is 1. The van der Waals surface area contributed by atoms with Gasteiger partial charge in [0.1, 0.15) is 5.82 Å². The average Bonchev–Trinajstić information content (AvgIpc) is 3.01. The number of hydrogen-bond acceptors (Lipinski definition) is 4. The number of rotatable bonds is 3. The Morgan fingerprint density at radius 3 is 2.17 bits per heavy atom. The highest BCUT2D eigenvalue weighted by molar-refractivity contribution is 6.04. The van der Waals surface area contributed by atoms with E-state index in [-0.39, 0.29) is 5.56 Å². The summed E-state index contributed by atoms with van der Waals surface area (Å²) in [6.07, 6.45) is -0.942. The van der Waals surface area contributed by atoms with Crippen molar-refractivity contribution in [3.63, 3.8) is 0 Å². The molecule has 11 heteroatoms. The number of carboxylic acids is 1. The molecule has 0 radical (unpaired) electrons. The van der Waals surface area contributed by atoms with E-state index in [4.69, 9.17) is 9.90 Å². The van der Waals surface area contributed by atoms with Crippen LogP contribution in [-0.2, 0) is 4.79 Å². The van der Waals surface area contributed by atoms with Gasteiger partial charge >= 0.3 is 12.1 Å². The number of carboxylic acid groups (broad SMARTS) is 1. The zero-order valence-electron chi connectivity index (χ0n) is 15.7. The zero-order chi connectivity index (χ0) is 22.5. The number of nitrogens with zero attached hydrogens (tertiary/aromatic N) is 3. The topological polar surface area (TPSA) is 97.1 Å². The minimum Gasteiger partial charge on any atom is -0.475 e. The van der Waals surface area contributed by atoms with Crippen LogP contribution in [0.3, 0.4) is 0 Å². The summed E-state index contributed by atoms with van der Waals surface area (Å²) in [4.78, 5) is 28.9. The van der Waals surface area contributed by atoms with E-state index in [9.17, 15) is 22.4 Å². The van der Waals surface area contributed by atoms with Gasteiger partial charge in [0, 0.05) is 23.3 Å². The fourth-order valence-electron chi connectivity index (χ4n) is 2.20. The number of aromatic nitrogens is 3. The molecule has 3 rings (SSSR count). The predicted octanol–water partition coefficient (Wildman–Crippen LogP) is 3.91. The number of hydrogen-bond donors (Lipinski definition) is 2. The molecule has 0 saturated carbocycles. The number of imidazole rings is 1. The molecule has 2 heterocycles. The van der Waals surface area contributed by atoms with Crippen LogP contribution in [0.1, 0.15) is 21.7 Å². The summed E-state index contributed by atoms with van der Waals surface area (Å²) < 4.78 is 46.8. The van der Waals surface area contributed by atoms with Gasteiger partial charge in [-0.2, -0.15) is 13.2 Å². The maximum atomic E-state index is 13.1. The van der Waals surface area contributed by atoms with Gasteiger partial charge < -0.3 is 15.0 Å². The number of aliphatic carboxylic acids is 1. The lowest BCUT2D eigenvalue weighted by molar-refractivity contribution is -0.192. The van der Waals surface area contributed by atoms with Gasteiger partial charge in [0.25, 0.3) is 5.91 Å². The summed E-state index contributed by atoms with van der Waals surface area (Å²) in [7, 11) is 0. The molecule has 0 atom stereocenters. The van der Waals surface area contributed by atoms with Crippen LogP contribution in [0.15, 0.2) is 49.1 Å². The minimum atomic E-state index is -5.08. The van der Waals surface area contributed by atoms with Crippen LogP contribution in [0.25, 0.3) is 5.69 Å². The molecule has 0 fully saturated rings. The highest BCUT2D eigenvalue weighted by atomic mass is 19.4. The fraction of sp³-hybridized carbons (Fsp3) is 0.158.